The molecule has 2 aliphatic heterocycles. The molecule has 1 saturated carbocycles. The van der Waals surface area contributed by atoms with Crippen LogP contribution in [-0.2, 0) is 9.59 Å². The number of rotatable bonds is 4. The second-order valence-electron chi connectivity index (χ2n) is 7.14. The molecule has 0 spiro atoms. The Balaban J connectivity index is 1.48. The van der Waals surface area contributed by atoms with Crippen molar-refractivity contribution in [2.24, 2.45) is 0 Å². The van der Waals surface area contributed by atoms with Crippen LogP contribution in [0, 0.1) is 0 Å². The second-order valence-corrected chi connectivity index (χ2v) is 7.14. The number of likely N-dealkylation sites (tertiary alicyclic amines) is 2. The van der Waals surface area contributed by atoms with E-state index in [0.717, 1.165) is 58.2 Å². The number of carbonyl (C=O) groups is 2. The molecule has 2 heterocycles. The van der Waals surface area contributed by atoms with E-state index in [9.17, 15) is 14.7 Å². The highest BCUT2D eigenvalue weighted by Gasteiger charge is 2.52. The average Bonchev–Trinajstić information content (AvgIpc) is 3.16. The Hall–Kier alpha value is -1.10. The van der Waals surface area contributed by atoms with Gasteiger partial charge < -0.3 is 14.9 Å². The van der Waals surface area contributed by atoms with E-state index in [-0.39, 0.29) is 17.9 Å². The summed E-state index contributed by atoms with van der Waals surface area (Å²) in [6, 6.07) is -0.00621. The van der Waals surface area contributed by atoms with Crippen molar-refractivity contribution < 1.29 is 14.7 Å². The van der Waals surface area contributed by atoms with E-state index in [1.165, 1.54) is 12.8 Å². The van der Waals surface area contributed by atoms with E-state index in [1.54, 1.807) is 0 Å². The molecule has 124 valence electrons. The summed E-state index contributed by atoms with van der Waals surface area (Å²) in [7, 11) is 0. The van der Waals surface area contributed by atoms with Gasteiger partial charge in [0.2, 0.25) is 11.8 Å². The maximum atomic E-state index is 12.4. The van der Waals surface area contributed by atoms with Crippen LogP contribution < -0.4 is 0 Å². The number of hydrogen-bond acceptors (Lipinski definition) is 3. The highest BCUT2D eigenvalue weighted by atomic mass is 16.3. The minimum atomic E-state index is -0.624. The Morgan fingerprint density at radius 3 is 2.18 bits per heavy atom. The molecule has 5 nitrogen and oxygen atoms in total. The van der Waals surface area contributed by atoms with E-state index >= 15 is 0 Å². The van der Waals surface area contributed by atoms with Crippen LogP contribution in [0.3, 0.4) is 0 Å². The maximum absolute atomic E-state index is 12.4. The summed E-state index contributed by atoms with van der Waals surface area (Å²) in [6.45, 7) is 2.43. The van der Waals surface area contributed by atoms with E-state index in [2.05, 4.69) is 0 Å². The Bertz CT molecular complexity index is 426. The zero-order valence-corrected chi connectivity index (χ0v) is 13.4. The van der Waals surface area contributed by atoms with Crippen LogP contribution in [0.2, 0.25) is 0 Å². The van der Waals surface area contributed by atoms with Crippen LogP contribution >= 0.6 is 0 Å². The van der Waals surface area contributed by atoms with E-state index < -0.39 is 5.60 Å². The Labute approximate surface area is 132 Å². The van der Waals surface area contributed by atoms with Crippen molar-refractivity contribution in [1.29, 1.82) is 0 Å². The van der Waals surface area contributed by atoms with Gasteiger partial charge in [-0.3, -0.25) is 9.59 Å². The van der Waals surface area contributed by atoms with Gasteiger partial charge in [-0.15, -0.1) is 0 Å². The van der Waals surface area contributed by atoms with Crippen molar-refractivity contribution in [3.63, 3.8) is 0 Å². The van der Waals surface area contributed by atoms with E-state index in [1.807, 2.05) is 9.80 Å². The summed E-state index contributed by atoms with van der Waals surface area (Å²) in [5.41, 5.74) is -0.624. The fraction of sp³-hybridized carbons (Fsp3) is 0.882. The first-order valence-corrected chi connectivity index (χ1v) is 8.90. The summed E-state index contributed by atoms with van der Waals surface area (Å²) in [6.07, 6.45) is 8.70. The molecule has 5 heteroatoms. The lowest BCUT2D eigenvalue weighted by Crippen LogP contribution is -2.44. The van der Waals surface area contributed by atoms with Crippen molar-refractivity contribution >= 4 is 11.8 Å². The zero-order chi connectivity index (χ0) is 15.6. The molecule has 1 aliphatic carbocycles. The summed E-state index contributed by atoms with van der Waals surface area (Å²) in [5.74, 6) is 0.169. The van der Waals surface area contributed by atoms with Crippen molar-refractivity contribution in [3.8, 4) is 0 Å². The van der Waals surface area contributed by atoms with Crippen LogP contribution in [0.15, 0.2) is 0 Å². The normalized spacial score (nSPS) is 27.6. The summed E-state index contributed by atoms with van der Waals surface area (Å²) in [5, 5.41) is 10.3. The van der Waals surface area contributed by atoms with Gasteiger partial charge in [0.25, 0.3) is 0 Å². The van der Waals surface area contributed by atoms with Crippen LogP contribution in [0.4, 0.5) is 0 Å². The van der Waals surface area contributed by atoms with Crippen LogP contribution in [0.25, 0.3) is 0 Å². The van der Waals surface area contributed by atoms with Crippen molar-refractivity contribution in [2.75, 3.05) is 19.6 Å². The lowest BCUT2D eigenvalue weighted by atomic mass is 10.1. The van der Waals surface area contributed by atoms with Gasteiger partial charge >= 0.3 is 0 Å². The van der Waals surface area contributed by atoms with Gasteiger partial charge in [-0.25, -0.2) is 0 Å². The Morgan fingerprint density at radius 1 is 0.909 bits per heavy atom. The predicted molar refractivity (Wildman–Crippen MR) is 83.2 cm³/mol. The molecular weight excluding hydrogens is 280 g/mol. The average molecular weight is 308 g/mol. The molecule has 3 rings (SSSR count). The SMILES string of the molecule is O=C(CCC(=O)N1CCCC1C1(O)CC1)N1CCCCCC1. The minimum absolute atomic E-state index is 0.00621. The lowest BCUT2D eigenvalue weighted by Gasteiger charge is -2.29. The molecular formula is C17H28N2O3. The molecule has 3 fully saturated rings. The molecule has 1 unspecified atom stereocenters. The topological polar surface area (TPSA) is 60.9 Å². The Morgan fingerprint density at radius 2 is 1.55 bits per heavy atom. The standard InChI is InChI=1S/C17H28N2O3/c20-15(18-11-3-1-2-4-12-18)7-8-16(21)19-13-5-6-14(19)17(22)9-10-17/h14,22H,1-13H2. The summed E-state index contributed by atoms with van der Waals surface area (Å²) >= 11 is 0. The quantitative estimate of drug-likeness (QED) is 0.859. The van der Waals surface area contributed by atoms with Gasteiger partial charge in [0.1, 0.15) is 0 Å². The zero-order valence-electron chi connectivity index (χ0n) is 13.4. The third kappa shape index (κ3) is 3.45. The highest BCUT2D eigenvalue weighted by molar-refractivity contribution is 5.84. The summed E-state index contributed by atoms with van der Waals surface area (Å²) in [4.78, 5) is 28.5. The number of aliphatic hydroxyl groups is 1. The van der Waals surface area contributed by atoms with E-state index in [0.29, 0.717) is 12.8 Å². The van der Waals surface area contributed by atoms with Crippen LogP contribution in [0.1, 0.15) is 64.2 Å². The minimum Gasteiger partial charge on any atom is -0.388 e. The molecule has 0 radical (unpaired) electrons. The van der Waals surface area contributed by atoms with Gasteiger partial charge in [0, 0.05) is 32.5 Å². The Kier molecular flexibility index (Phi) is 4.71. The van der Waals surface area contributed by atoms with Gasteiger partial charge in [-0.2, -0.15) is 0 Å². The molecule has 0 aromatic heterocycles. The first kappa shape index (κ1) is 15.8. The molecule has 1 atom stereocenters. The number of carbonyl (C=O) groups excluding carboxylic acids is 2. The first-order chi connectivity index (χ1) is 10.6. The molecule has 2 amide bonds. The van der Waals surface area contributed by atoms with Crippen LogP contribution in [0.5, 0.6) is 0 Å². The predicted octanol–water partition coefficient (Wildman–Crippen LogP) is 1.69. The first-order valence-electron chi connectivity index (χ1n) is 8.90. The third-order valence-corrected chi connectivity index (χ3v) is 5.47. The fourth-order valence-corrected chi connectivity index (χ4v) is 3.92. The number of amides is 2. The van der Waals surface area contributed by atoms with E-state index in [4.69, 9.17) is 0 Å². The van der Waals surface area contributed by atoms with Gasteiger partial charge in [0.05, 0.1) is 11.6 Å². The van der Waals surface area contributed by atoms with Gasteiger partial charge in [-0.1, -0.05) is 12.8 Å². The number of nitrogens with zero attached hydrogens (tertiary/aromatic N) is 2. The molecule has 0 bridgehead atoms. The lowest BCUT2D eigenvalue weighted by molar-refractivity contribution is -0.139. The van der Waals surface area contributed by atoms with Gasteiger partial charge in [-0.05, 0) is 38.5 Å². The molecule has 0 aromatic carbocycles. The van der Waals surface area contributed by atoms with Gasteiger partial charge in [0.15, 0.2) is 0 Å². The molecule has 0 aromatic rings. The smallest absolute Gasteiger partial charge is 0.223 e. The number of hydrogen-bond donors (Lipinski definition) is 1. The van der Waals surface area contributed by atoms with Crippen LogP contribution in [-0.4, -0.2) is 58.0 Å². The molecule has 22 heavy (non-hydrogen) atoms. The second kappa shape index (κ2) is 6.57. The monoisotopic (exact) mass is 308 g/mol. The summed E-state index contributed by atoms with van der Waals surface area (Å²) < 4.78 is 0. The molecule has 2 saturated heterocycles. The maximum Gasteiger partial charge on any atom is 0.223 e. The van der Waals surface area contributed by atoms with Crippen molar-refractivity contribution in [3.05, 3.63) is 0 Å². The molecule has 1 N–H and O–H groups in total. The fourth-order valence-electron chi connectivity index (χ4n) is 3.92. The third-order valence-electron chi connectivity index (χ3n) is 5.47. The van der Waals surface area contributed by atoms with Crippen molar-refractivity contribution in [2.45, 2.75) is 75.9 Å². The molecule has 3 aliphatic rings. The highest BCUT2D eigenvalue weighted by Crippen LogP contribution is 2.44. The van der Waals surface area contributed by atoms with Crippen molar-refractivity contribution in [1.82, 2.24) is 9.80 Å². The largest absolute Gasteiger partial charge is 0.388 e.